The molecule has 0 spiro atoms. The molecule has 70 valence electrons. The third-order valence-corrected chi connectivity index (χ3v) is 3.12. The van der Waals surface area contributed by atoms with Gasteiger partial charge >= 0.3 is 0 Å². The summed E-state index contributed by atoms with van der Waals surface area (Å²) in [5, 5.41) is 0. The first-order valence-corrected chi connectivity index (χ1v) is 4.61. The standard InChI is InChI=1S/C9H16O3/c1-3-9-4-5-11-8(9)7(10-2)6-12-9/h7-8H,3-6H2,1-2H3/t7-,8-,9-/m1/s1. The van der Waals surface area contributed by atoms with E-state index in [1.807, 2.05) is 0 Å². The average molecular weight is 172 g/mol. The average Bonchev–Trinajstić information content (AvgIpc) is 2.61. The summed E-state index contributed by atoms with van der Waals surface area (Å²) in [6, 6.07) is 0. The lowest BCUT2D eigenvalue weighted by Crippen LogP contribution is -2.39. The Labute approximate surface area is 73.0 Å². The van der Waals surface area contributed by atoms with Crippen LogP contribution in [0.4, 0.5) is 0 Å². The molecule has 2 aliphatic heterocycles. The smallest absolute Gasteiger partial charge is 0.115 e. The first-order valence-electron chi connectivity index (χ1n) is 4.61. The number of ether oxygens (including phenoxy) is 3. The van der Waals surface area contributed by atoms with Gasteiger partial charge in [0.2, 0.25) is 0 Å². The molecule has 0 radical (unpaired) electrons. The van der Waals surface area contributed by atoms with Crippen LogP contribution in [0.1, 0.15) is 19.8 Å². The normalized spacial score (nSPS) is 46.5. The Morgan fingerprint density at radius 1 is 1.58 bits per heavy atom. The molecule has 3 heteroatoms. The zero-order valence-corrected chi connectivity index (χ0v) is 7.71. The van der Waals surface area contributed by atoms with Crippen molar-refractivity contribution in [3.63, 3.8) is 0 Å². The summed E-state index contributed by atoms with van der Waals surface area (Å²) in [4.78, 5) is 0. The van der Waals surface area contributed by atoms with Crippen molar-refractivity contribution >= 4 is 0 Å². The fourth-order valence-electron chi connectivity index (χ4n) is 2.26. The highest BCUT2D eigenvalue weighted by molar-refractivity contribution is 5.01. The van der Waals surface area contributed by atoms with Crippen molar-refractivity contribution in [3.8, 4) is 0 Å². The molecule has 0 aromatic rings. The molecular weight excluding hydrogens is 156 g/mol. The number of methoxy groups -OCH3 is 1. The summed E-state index contributed by atoms with van der Waals surface area (Å²) < 4.78 is 16.7. The Hall–Kier alpha value is -0.120. The van der Waals surface area contributed by atoms with Crippen LogP contribution in [0.15, 0.2) is 0 Å². The molecule has 2 heterocycles. The van der Waals surface area contributed by atoms with Crippen LogP contribution in [0.2, 0.25) is 0 Å². The molecule has 0 aliphatic carbocycles. The summed E-state index contributed by atoms with van der Waals surface area (Å²) in [6.45, 7) is 3.66. The van der Waals surface area contributed by atoms with Gasteiger partial charge in [-0.2, -0.15) is 0 Å². The number of rotatable bonds is 2. The second-order valence-electron chi connectivity index (χ2n) is 3.54. The van der Waals surface area contributed by atoms with Crippen molar-refractivity contribution in [1.29, 1.82) is 0 Å². The molecule has 0 aromatic heterocycles. The van der Waals surface area contributed by atoms with Crippen LogP contribution in [0.3, 0.4) is 0 Å². The van der Waals surface area contributed by atoms with Crippen molar-refractivity contribution in [1.82, 2.24) is 0 Å². The Balaban J connectivity index is 2.14. The van der Waals surface area contributed by atoms with Crippen LogP contribution in [-0.2, 0) is 14.2 Å². The predicted molar refractivity (Wildman–Crippen MR) is 44.1 cm³/mol. The van der Waals surface area contributed by atoms with Gasteiger partial charge in [-0.05, 0) is 6.42 Å². The van der Waals surface area contributed by atoms with E-state index in [1.165, 1.54) is 0 Å². The summed E-state index contributed by atoms with van der Waals surface area (Å²) in [6.07, 6.45) is 2.37. The third kappa shape index (κ3) is 1.00. The monoisotopic (exact) mass is 172 g/mol. The molecule has 0 unspecified atom stereocenters. The molecule has 12 heavy (non-hydrogen) atoms. The zero-order chi connectivity index (χ0) is 8.60. The predicted octanol–water partition coefficient (Wildman–Crippen LogP) is 0.969. The van der Waals surface area contributed by atoms with Gasteiger partial charge in [-0.3, -0.25) is 0 Å². The lowest BCUT2D eigenvalue weighted by Gasteiger charge is -2.25. The van der Waals surface area contributed by atoms with Gasteiger partial charge < -0.3 is 14.2 Å². The van der Waals surface area contributed by atoms with E-state index in [0.717, 1.165) is 19.4 Å². The van der Waals surface area contributed by atoms with E-state index in [-0.39, 0.29) is 17.8 Å². The van der Waals surface area contributed by atoms with Gasteiger partial charge in [0.15, 0.2) is 0 Å². The molecule has 2 rings (SSSR count). The molecular formula is C9H16O3. The molecule has 2 aliphatic rings. The molecule has 0 aromatic carbocycles. The minimum absolute atomic E-state index is 0.0271. The van der Waals surface area contributed by atoms with Crippen LogP contribution >= 0.6 is 0 Å². The summed E-state index contributed by atoms with van der Waals surface area (Å²) in [5.41, 5.74) is -0.0271. The van der Waals surface area contributed by atoms with Crippen LogP contribution < -0.4 is 0 Å². The highest BCUT2D eigenvalue weighted by Crippen LogP contribution is 2.40. The molecule has 0 amide bonds. The largest absolute Gasteiger partial charge is 0.376 e. The van der Waals surface area contributed by atoms with Gasteiger partial charge in [0, 0.05) is 13.5 Å². The maximum Gasteiger partial charge on any atom is 0.115 e. The highest BCUT2D eigenvalue weighted by Gasteiger charge is 2.53. The summed E-state index contributed by atoms with van der Waals surface area (Å²) in [7, 11) is 1.72. The van der Waals surface area contributed by atoms with Gasteiger partial charge in [0.1, 0.15) is 12.2 Å². The van der Waals surface area contributed by atoms with E-state index in [1.54, 1.807) is 7.11 Å². The molecule has 3 atom stereocenters. The number of fused-ring (bicyclic) bond motifs is 1. The van der Waals surface area contributed by atoms with Gasteiger partial charge in [-0.1, -0.05) is 6.92 Å². The highest BCUT2D eigenvalue weighted by atomic mass is 16.6. The van der Waals surface area contributed by atoms with Gasteiger partial charge in [-0.25, -0.2) is 0 Å². The van der Waals surface area contributed by atoms with Crippen molar-refractivity contribution < 1.29 is 14.2 Å². The van der Waals surface area contributed by atoms with Crippen molar-refractivity contribution in [2.75, 3.05) is 20.3 Å². The van der Waals surface area contributed by atoms with Crippen molar-refractivity contribution in [2.45, 2.75) is 37.6 Å². The van der Waals surface area contributed by atoms with E-state index in [9.17, 15) is 0 Å². The van der Waals surface area contributed by atoms with Crippen molar-refractivity contribution in [2.24, 2.45) is 0 Å². The van der Waals surface area contributed by atoms with E-state index in [2.05, 4.69) is 6.92 Å². The topological polar surface area (TPSA) is 27.7 Å². The van der Waals surface area contributed by atoms with Crippen LogP contribution in [-0.4, -0.2) is 38.1 Å². The molecule has 2 fully saturated rings. The summed E-state index contributed by atoms with van der Waals surface area (Å²) in [5.74, 6) is 0. The second kappa shape index (κ2) is 2.98. The molecule has 3 nitrogen and oxygen atoms in total. The number of hydrogen-bond donors (Lipinski definition) is 0. The Morgan fingerprint density at radius 3 is 3.08 bits per heavy atom. The summed E-state index contributed by atoms with van der Waals surface area (Å²) >= 11 is 0. The fraction of sp³-hybridized carbons (Fsp3) is 1.00. The van der Waals surface area contributed by atoms with Crippen molar-refractivity contribution in [3.05, 3.63) is 0 Å². The first kappa shape index (κ1) is 8.48. The first-order chi connectivity index (χ1) is 5.82. The fourth-order valence-corrected chi connectivity index (χ4v) is 2.26. The maximum absolute atomic E-state index is 5.77. The van der Waals surface area contributed by atoms with E-state index in [0.29, 0.717) is 6.61 Å². The van der Waals surface area contributed by atoms with Crippen LogP contribution in [0.5, 0.6) is 0 Å². The van der Waals surface area contributed by atoms with E-state index < -0.39 is 0 Å². The minimum Gasteiger partial charge on any atom is -0.376 e. The number of hydrogen-bond acceptors (Lipinski definition) is 3. The van der Waals surface area contributed by atoms with Gasteiger partial charge in [-0.15, -0.1) is 0 Å². The maximum atomic E-state index is 5.77. The lowest BCUT2D eigenvalue weighted by atomic mass is 9.92. The second-order valence-corrected chi connectivity index (χ2v) is 3.54. The Bertz CT molecular complexity index is 171. The lowest BCUT2D eigenvalue weighted by molar-refractivity contribution is -0.0346. The molecule has 0 N–H and O–H groups in total. The molecule has 2 saturated heterocycles. The minimum atomic E-state index is -0.0271. The van der Waals surface area contributed by atoms with E-state index >= 15 is 0 Å². The molecule has 0 saturated carbocycles. The van der Waals surface area contributed by atoms with Gasteiger partial charge in [0.05, 0.1) is 18.8 Å². The Kier molecular flexibility index (Phi) is 2.10. The third-order valence-electron chi connectivity index (χ3n) is 3.12. The SMILES string of the molecule is CC[C@@]12CCO[C@@H]1[C@H](OC)CO2. The quantitative estimate of drug-likeness (QED) is 0.621. The molecule has 0 bridgehead atoms. The Morgan fingerprint density at radius 2 is 2.42 bits per heavy atom. The van der Waals surface area contributed by atoms with E-state index in [4.69, 9.17) is 14.2 Å². The zero-order valence-electron chi connectivity index (χ0n) is 7.71. The van der Waals surface area contributed by atoms with Crippen LogP contribution in [0.25, 0.3) is 0 Å². The van der Waals surface area contributed by atoms with Crippen LogP contribution in [0, 0.1) is 0 Å². The van der Waals surface area contributed by atoms with Gasteiger partial charge in [0.25, 0.3) is 0 Å².